The fraction of sp³-hybridized carbons (Fsp3) is 0.222. The summed E-state index contributed by atoms with van der Waals surface area (Å²) in [6, 6.07) is 4.17. The molecule has 0 aliphatic heterocycles. The van der Waals surface area contributed by atoms with Crippen LogP contribution in [0.5, 0.6) is 0 Å². The predicted octanol–water partition coefficient (Wildman–Crippen LogP) is 1.91. The molecule has 2 rings (SSSR count). The van der Waals surface area contributed by atoms with Gasteiger partial charge in [-0.3, -0.25) is 5.10 Å². The molecule has 1 heterocycles. The van der Waals surface area contributed by atoms with Crippen molar-refractivity contribution < 1.29 is 0 Å². The molecule has 0 saturated heterocycles. The Bertz CT molecular complexity index is 403. The highest BCUT2D eigenvalue weighted by atomic mass is 15.1. The zero-order valence-electron chi connectivity index (χ0n) is 7.18. The third-order valence-corrected chi connectivity index (χ3v) is 2.03. The number of hydrogen-bond donors (Lipinski definition) is 2. The van der Waals surface area contributed by atoms with Crippen LogP contribution in [0.1, 0.15) is 5.56 Å². The van der Waals surface area contributed by atoms with Crippen LogP contribution in [0.15, 0.2) is 18.3 Å². The molecule has 1 aromatic carbocycles. The summed E-state index contributed by atoms with van der Waals surface area (Å²) in [5, 5.41) is 11.2. The van der Waals surface area contributed by atoms with E-state index in [2.05, 4.69) is 34.6 Å². The van der Waals surface area contributed by atoms with Crippen LogP contribution in [-0.4, -0.2) is 17.2 Å². The maximum atomic E-state index is 3.98. The summed E-state index contributed by atoms with van der Waals surface area (Å²) in [6.07, 6.45) is 1.84. The Labute approximate surface area is 70.8 Å². The number of aromatic amines is 1. The summed E-state index contributed by atoms with van der Waals surface area (Å²) in [5.74, 6) is 0. The Morgan fingerprint density at radius 2 is 2.25 bits per heavy atom. The van der Waals surface area contributed by atoms with Crippen LogP contribution < -0.4 is 5.32 Å². The number of aromatic nitrogens is 2. The molecule has 0 radical (unpaired) electrons. The minimum absolute atomic E-state index is 1.12. The van der Waals surface area contributed by atoms with Gasteiger partial charge in [-0.25, -0.2) is 0 Å². The molecule has 0 saturated carbocycles. The topological polar surface area (TPSA) is 40.7 Å². The molecule has 0 aliphatic carbocycles. The summed E-state index contributed by atoms with van der Waals surface area (Å²) >= 11 is 0. The average Bonchev–Trinajstić information content (AvgIpc) is 2.52. The number of aryl methyl sites for hydroxylation is 1. The standard InChI is InChI=1S/C9H11N3/c1-6-3-8(10-2)4-7-5-11-12-9(6)7/h3-5,10H,1-2H3,(H,11,12). The van der Waals surface area contributed by atoms with E-state index in [1.165, 1.54) is 5.56 Å². The molecular weight excluding hydrogens is 150 g/mol. The second kappa shape index (κ2) is 2.52. The van der Waals surface area contributed by atoms with Gasteiger partial charge in [0.1, 0.15) is 0 Å². The van der Waals surface area contributed by atoms with Gasteiger partial charge in [0.15, 0.2) is 0 Å². The number of anilines is 1. The fourth-order valence-corrected chi connectivity index (χ4v) is 1.38. The first-order valence-electron chi connectivity index (χ1n) is 3.93. The Hall–Kier alpha value is -1.51. The summed E-state index contributed by atoms with van der Waals surface area (Å²) in [4.78, 5) is 0. The predicted molar refractivity (Wildman–Crippen MR) is 50.4 cm³/mol. The molecule has 62 valence electrons. The molecule has 0 aliphatic rings. The van der Waals surface area contributed by atoms with Crippen molar-refractivity contribution in [2.24, 2.45) is 0 Å². The van der Waals surface area contributed by atoms with Crippen LogP contribution in [0.4, 0.5) is 5.69 Å². The number of benzene rings is 1. The average molecular weight is 161 g/mol. The monoisotopic (exact) mass is 161 g/mol. The minimum atomic E-state index is 1.12. The van der Waals surface area contributed by atoms with Gasteiger partial charge in [-0.05, 0) is 24.6 Å². The van der Waals surface area contributed by atoms with Gasteiger partial charge >= 0.3 is 0 Å². The number of hydrogen-bond acceptors (Lipinski definition) is 2. The van der Waals surface area contributed by atoms with Crippen molar-refractivity contribution in [3.05, 3.63) is 23.9 Å². The van der Waals surface area contributed by atoms with Crippen LogP contribution in [0.25, 0.3) is 10.9 Å². The molecule has 12 heavy (non-hydrogen) atoms. The Balaban J connectivity index is 2.75. The lowest BCUT2D eigenvalue weighted by Gasteiger charge is -2.01. The highest BCUT2D eigenvalue weighted by Gasteiger charge is 2.00. The smallest absolute Gasteiger partial charge is 0.0680 e. The van der Waals surface area contributed by atoms with Crippen LogP contribution >= 0.6 is 0 Å². The quantitative estimate of drug-likeness (QED) is 0.670. The van der Waals surface area contributed by atoms with E-state index in [1.54, 1.807) is 0 Å². The number of nitrogens with zero attached hydrogens (tertiary/aromatic N) is 1. The molecule has 3 nitrogen and oxygen atoms in total. The number of nitrogens with one attached hydrogen (secondary N) is 2. The Morgan fingerprint density at radius 1 is 1.42 bits per heavy atom. The maximum Gasteiger partial charge on any atom is 0.0680 e. The van der Waals surface area contributed by atoms with E-state index in [-0.39, 0.29) is 0 Å². The van der Waals surface area contributed by atoms with E-state index in [4.69, 9.17) is 0 Å². The summed E-state index contributed by atoms with van der Waals surface area (Å²) in [5.41, 5.74) is 3.46. The van der Waals surface area contributed by atoms with Crippen LogP contribution in [0.3, 0.4) is 0 Å². The lowest BCUT2D eigenvalue weighted by atomic mass is 10.1. The van der Waals surface area contributed by atoms with Crippen LogP contribution in [-0.2, 0) is 0 Å². The molecule has 0 fully saturated rings. The second-order valence-electron chi connectivity index (χ2n) is 2.88. The first-order chi connectivity index (χ1) is 5.81. The Kier molecular flexibility index (Phi) is 1.50. The fourth-order valence-electron chi connectivity index (χ4n) is 1.38. The normalized spacial score (nSPS) is 10.5. The lowest BCUT2D eigenvalue weighted by Crippen LogP contribution is -1.88. The molecule has 0 atom stereocenters. The van der Waals surface area contributed by atoms with E-state index in [1.807, 2.05) is 13.2 Å². The summed E-state index contributed by atoms with van der Waals surface area (Å²) < 4.78 is 0. The summed E-state index contributed by atoms with van der Waals surface area (Å²) in [6.45, 7) is 2.07. The van der Waals surface area contributed by atoms with E-state index >= 15 is 0 Å². The molecule has 0 unspecified atom stereocenters. The highest BCUT2D eigenvalue weighted by Crippen LogP contribution is 2.20. The van der Waals surface area contributed by atoms with E-state index in [0.29, 0.717) is 0 Å². The molecular formula is C9H11N3. The van der Waals surface area contributed by atoms with Gasteiger partial charge in [-0.1, -0.05) is 0 Å². The maximum absolute atomic E-state index is 3.98. The molecule has 1 aromatic heterocycles. The number of H-pyrrole nitrogens is 1. The minimum Gasteiger partial charge on any atom is -0.388 e. The van der Waals surface area contributed by atoms with Crippen LogP contribution in [0.2, 0.25) is 0 Å². The van der Waals surface area contributed by atoms with Gasteiger partial charge in [-0.15, -0.1) is 0 Å². The van der Waals surface area contributed by atoms with E-state index in [0.717, 1.165) is 16.6 Å². The molecule has 0 spiro atoms. The third kappa shape index (κ3) is 0.942. The second-order valence-corrected chi connectivity index (χ2v) is 2.88. The third-order valence-electron chi connectivity index (χ3n) is 2.03. The first kappa shape index (κ1) is 7.16. The summed E-state index contributed by atoms with van der Waals surface area (Å²) in [7, 11) is 1.92. The zero-order valence-corrected chi connectivity index (χ0v) is 7.18. The van der Waals surface area contributed by atoms with Gasteiger partial charge in [0.05, 0.1) is 11.7 Å². The largest absolute Gasteiger partial charge is 0.388 e. The molecule has 0 bridgehead atoms. The number of fused-ring (bicyclic) bond motifs is 1. The molecule has 0 amide bonds. The lowest BCUT2D eigenvalue weighted by molar-refractivity contribution is 1.11. The van der Waals surface area contributed by atoms with Gasteiger partial charge < -0.3 is 5.32 Å². The van der Waals surface area contributed by atoms with Crippen molar-refractivity contribution in [2.45, 2.75) is 6.92 Å². The van der Waals surface area contributed by atoms with Crippen molar-refractivity contribution in [2.75, 3.05) is 12.4 Å². The van der Waals surface area contributed by atoms with Gasteiger partial charge in [0.25, 0.3) is 0 Å². The first-order valence-corrected chi connectivity index (χ1v) is 3.93. The molecule has 2 N–H and O–H groups in total. The van der Waals surface area contributed by atoms with Crippen molar-refractivity contribution >= 4 is 16.6 Å². The van der Waals surface area contributed by atoms with Crippen molar-refractivity contribution in [3.8, 4) is 0 Å². The van der Waals surface area contributed by atoms with E-state index < -0.39 is 0 Å². The Morgan fingerprint density at radius 3 is 3.00 bits per heavy atom. The van der Waals surface area contributed by atoms with Crippen LogP contribution in [0, 0.1) is 6.92 Å². The SMILES string of the molecule is CNc1cc(C)c2[nH]ncc2c1. The van der Waals surface area contributed by atoms with Gasteiger partial charge in [0.2, 0.25) is 0 Å². The van der Waals surface area contributed by atoms with Crippen molar-refractivity contribution in [1.82, 2.24) is 10.2 Å². The van der Waals surface area contributed by atoms with Crippen molar-refractivity contribution in [3.63, 3.8) is 0 Å². The molecule has 2 aromatic rings. The van der Waals surface area contributed by atoms with E-state index in [9.17, 15) is 0 Å². The van der Waals surface area contributed by atoms with Gasteiger partial charge in [0, 0.05) is 18.1 Å². The van der Waals surface area contributed by atoms with Gasteiger partial charge in [-0.2, -0.15) is 5.10 Å². The highest BCUT2D eigenvalue weighted by molar-refractivity contribution is 5.84. The molecule has 3 heteroatoms. The van der Waals surface area contributed by atoms with Crippen molar-refractivity contribution in [1.29, 1.82) is 0 Å². The number of rotatable bonds is 1. The zero-order chi connectivity index (χ0) is 8.55.